The fraction of sp³-hybridized carbons (Fsp3) is 0.0909. The van der Waals surface area contributed by atoms with Gasteiger partial charge >= 0.3 is 0 Å². The molecule has 3 aromatic carbocycles. The third-order valence-corrected chi connectivity index (χ3v) is 5.94. The highest BCUT2D eigenvalue weighted by atomic mass is 32.2. The van der Waals surface area contributed by atoms with Crippen LogP contribution in [0.3, 0.4) is 0 Å². The van der Waals surface area contributed by atoms with E-state index in [0.29, 0.717) is 15.8 Å². The Bertz CT molecular complexity index is 1070. The molecule has 1 heterocycles. The summed E-state index contributed by atoms with van der Waals surface area (Å²) in [4.78, 5) is 14.4. The number of thioether (sulfide) groups is 1. The molecule has 3 aromatic rings. The first kappa shape index (κ1) is 17.8. The van der Waals surface area contributed by atoms with Gasteiger partial charge < -0.3 is 4.74 Å². The van der Waals surface area contributed by atoms with E-state index in [4.69, 9.17) is 17.0 Å². The van der Waals surface area contributed by atoms with Gasteiger partial charge in [0.15, 0.2) is 0 Å². The Morgan fingerprint density at radius 3 is 2.59 bits per heavy atom. The number of rotatable bonds is 4. The molecule has 0 saturated carbocycles. The quantitative estimate of drug-likeness (QED) is 0.449. The van der Waals surface area contributed by atoms with Crippen molar-refractivity contribution in [3.05, 3.63) is 82.8 Å². The molecule has 4 rings (SSSR count). The molecule has 0 aromatic heterocycles. The van der Waals surface area contributed by atoms with Gasteiger partial charge in [-0.1, -0.05) is 84.6 Å². The lowest BCUT2D eigenvalue weighted by molar-refractivity contribution is -0.121. The number of hydrogen-bond donors (Lipinski definition) is 0. The van der Waals surface area contributed by atoms with E-state index in [1.807, 2.05) is 48.5 Å². The van der Waals surface area contributed by atoms with Gasteiger partial charge in [-0.2, -0.15) is 0 Å². The molecule has 1 fully saturated rings. The highest BCUT2D eigenvalue weighted by Crippen LogP contribution is 2.33. The molecule has 3 nitrogen and oxygen atoms in total. The molecule has 5 heteroatoms. The smallest absolute Gasteiger partial charge is 0.265 e. The van der Waals surface area contributed by atoms with Crippen molar-refractivity contribution in [2.45, 2.75) is 6.61 Å². The zero-order valence-corrected chi connectivity index (χ0v) is 16.3. The van der Waals surface area contributed by atoms with Crippen LogP contribution in [0.4, 0.5) is 0 Å². The fourth-order valence-electron chi connectivity index (χ4n) is 2.99. The summed E-state index contributed by atoms with van der Waals surface area (Å²) in [6.45, 7) is 0.459. The average Bonchev–Trinajstić information content (AvgIpc) is 2.94. The predicted molar refractivity (Wildman–Crippen MR) is 116 cm³/mol. The van der Waals surface area contributed by atoms with Crippen molar-refractivity contribution in [2.24, 2.45) is 0 Å². The summed E-state index contributed by atoms with van der Waals surface area (Å²) in [7, 11) is 1.70. The maximum absolute atomic E-state index is 12.3. The number of fused-ring (bicyclic) bond motifs is 1. The van der Waals surface area contributed by atoms with E-state index in [-0.39, 0.29) is 5.91 Å². The van der Waals surface area contributed by atoms with Gasteiger partial charge in [0.05, 0.1) is 4.91 Å². The van der Waals surface area contributed by atoms with E-state index < -0.39 is 0 Å². The van der Waals surface area contributed by atoms with Gasteiger partial charge in [0.25, 0.3) is 5.91 Å². The molecular formula is C22H17NO2S2. The Morgan fingerprint density at radius 2 is 1.78 bits per heavy atom. The molecule has 1 saturated heterocycles. The van der Waals surface area contributed by atoms with Crippen LogP contribution < -0.4 is 4.74 Å². The lowest BCUT2D eigenvalue weighted by Gasteiger charge is -2.11. The highest BCUT2D eigenvalue weighted by Gasteiger charge is 2.28. The van der Waals surface area contributed by atoms with Crippen molar-refractivity contribution >= 4 is 51.1 Å². The number of amides is 1. The predicted octanol–water partition coefficient (Wildman–Crippen LogP) is 5.25. The Morgan fingerprint density at radius 1 is 1.04 bits per heavy atom. The first-order valence-electron chi connectivity index (χ1n) is 8.53. The van der Waals surface area contributed by atoms with Gasteiger partial charge in [-0.15, -0.1) is 0 Å². The van der Waals surface area contributed by atoms with Gasteiger partial charge in [-0.3, -0.25) is 9.69 Å². The number of benzene rings is 3. The lowest BCUT2D eigenvalue weighted by atomic mass is 10.1. The third kappa shape index (κ3) is 3.61. The highest BCUT2D eigenvalue weighted by molar-refractivity contribution is 8.26. The Balaban J connectivity index is 1.61. The molecule has 1 aliphatic heterocycles. The normalized spacial score (nSPS) is 15.7. The minimum absolute atomic E-state index is 0.0751. The maximum atomic E-state index is 12.3. The summed E-state index contributed by atoms with van der Waals surface area (Å²) in [5.74, 6) is 0.667. The number of carbonyl (C=O) groups is 1. The first-order chi connectivity index (χ1) is 13.1. The number of nitrogens with zero attached hydrogens (tertiary/aromatic N) is 1. The summed E-state index contributed by atoms with van der Waals surface area (Å²) < 4.78 is 6.69. The van der Waals surface area contributed by atoms with E-state index in [1.54, 1.807) is 7.05 Å². The summed E-state index contributed by atoms with van der Waals surface area (Å²) in [6.07, 6.45) is 1.85. The van der Waals surface area contributed by atoms with Gasteiger partial charge in [0.1, 0.15) is 16.7 Å². The Kier molecular flexibility index (Phi) is 4.97. The van der Waals surface area contributed by atoms with E-state index >= 15 is 0 Å². The monoisotopic (exact) mass is 391 g/mol. The van der Waals surface area contributed by atoms with Crippen molar-refractivity contribution in [2.75, 3.05) is 7.05 Å². The molecule has 27 heavy (non-hydrogen) atoms. The average molecular weight is 392 g/mol. The maximum Gasteiger partial charge on any atom is 0.265 e. The number of hydrogen-bond acceptors (Lipinski definition) is 4. The van der Waals surface area contributed by atoms with Crippen LogP contribution in [-0.2, 0) is 11.4 Å². The standard InChI is InChI=1S/C22H17NO2S2/c1-23-21(24)20(27-22(23)26)13-16-8-3-5-12-19(16)25-14-17-10-6-9-15-7-2-4-11-18(15)17/h2-13H,14H2,1H3. The van der Waals surface area contributed by atoms with Crippen LogP contribution in [0.2, 0.25) is 0 Å². The summed E-state index contributed by atoms with van der Waals surface area (Å²) in [6, 6.07) is 22.2. The molecule has 1 amide bonds. The molecule has 0 unspecified atom stereocenters. The summed E-state index contributed by atoms with van der Waals surface area (Å²) >= 11 is 6.52. The van der Waals surface area contributed by atoms with Crippen molar-refractivity contribution < 1.29 is 9.53 Å². The largest absolute Gasteiger partial charge is 0.488 e. The molecule has 0 radical (unpaired) electrons. The molecular weight excluding hydrogens is 374 g/mol. The number of thiocarbonyl (C=S) groups is 1. The van der Waals surface area contributed by atoms with E-state index in [9.17, 15) is 4.79 Å². The number of ether oxygens (including phenoxy) is 1. The molecule has 0 atom stereocenters. The van der Waals surface area contributed by atoms with Gasteiger partial charge in [-0.25, -0.2) is 0 Å². The van der Waals surface area contributed by atoms with Crippen molar-refractivity contribution in [1.29, 1.82) is 0 Å². The lowest BCUT2D eigenvalue weighted by Crippen LogP contribution is -2.22. The van der Waals surface area contributed by atoms with Crippen LogP contribution in [0.5, 0.6) is 5.75 Å². The van der Waals surface area contributed by atoms with Crippen molar-refractivity contribution in [3.63, 3.8) is 0 Å². The van der Waals surface area contributed by atoms with Crippen molar-refractivity contribution in [3.8, 4) is 5.75 Å². The number of likely N-dealkylation sites (N-methyl/N-ethyl adjacent to an activating group) is 1. The summed E-state index contributed by atoms with van der Waals surface area (Å²) in [5, 5.41) is 2.38. The van der Waals surface area contributed by atoms with Crippen LogP contribution in [-0.4, -0.2) is 22.2 Å². The van der Waals surface area contributed by atoms with E-state index in [0.717, 1.165) is 16.9 Å². The van der Waals surface area contributed by atoms with Gasteiger partial charge in [0.2, 0.25) is 0 Å². The number of carbonyl (C=O) groups excluding carboxylic acids is 1. The first-order valence-corrected chi connectivity index (χ1v) is 9.76. The Labute approximate surface area is 167 Å². The zero-order chi connectivity index (χ0) is 18.8. The van der Waals surface area contributed by atoms with Gasteiger partial charge in [-0.05, 0) is 28.5 Å². The van der Waals surface area contributed by atoms with Gasteiger partial charge in [0, 0.05) is 12.6 Å². The molecule has 1 aliphatic rings. The van der Waals surface area contributed by atoms with E-state index in [2.05, 4.69) is 24.3 Å². The van der Waals surface area contributed by atoms with E-state index in [1.165, 1.54) is 27.4 Å². The van der Waals surface area contributed by atoms with Crippen LogP contribution in [0.25, 0.3) is 16.8 Å². The zero-order valence-electron chi connectivity index (χ0n) is 14.7. The minimum atomic E-state index is -0.0751. The fourth-order valence-corrected chi connectivity index (χ4v) is 4.16. The molecule has 0 N–H and O–H groups in total. The topological polar surface area (TPSA) is 29.5 Å². The van der Waals surface area contributed by atoms with Crippen LogP contribution in [0, 0.1) is 0 Å². The SMILES string of the molecule is CN1C(=O)C(=Cc2ccccc2OCc2cccc3ccccc23)SC1=S. The molecule has 134 valence electrons. The number of para-hydroxylation sites is 1. The second kappa shape index (κ2) is 7.55. The van der Waals surface area contributed by atoms with Crippen LogP contribution in [0.15, 0.2) is 71.6 Å². The second-order valence-corrected chi connectivity index (χ2v) is 7.88. The van der Waals surface area contributed by atoms with Crippen LogP contribution in [0.1, 0.15) is 11.1 Å². The van der Waals surface area contributed by atoms with Crippen molar-refractivity contribution in [1.82, 2.24) is 4.90 Å². The third-order valence-electron chi connectivity index (χ3n) is 4.46. The molecule has 0 spiro atoms. The van der Waals surface area contributed by atoms with Crippen LogP contribution >= 0.6 is 24.0 Å². The minimum Gasteiger partial charge on any atom is -0.488 e. The second-order valence-electron chi connectivity index (χ2n) is 6.21. The molecule has 0 bridgehead atoms. The molecule has 0 aliphatic carbocycles. The summed E-state index contributed by atoms with van der Waals surface area (Å²) in [5.41, 5.74) is 1.99. The Hall–Kier alpha value is -2.63.